The Labute approximate surface area is 115 Å². The lowest BCUT2D eigenvalue weighted by atomic mass is 10.00. The molecule has 0 radical (unpaired) electrons. The van der Waals surface area contributed by atoms with E-state index in [-0.39, 0.29) is 6.04 Å². The topological polar surface area (TPSA) is 32.3 Å². The summed E-state index contributed by atoms with van der Waals surface area (Å²) >= 11 is 0. The summed E-state index contributed by atoms with van der Waals surface area (Å²) < 4.78 is 0. The lowest BCUT2D eigenvalue weighted by Gasteiger charge is -2.20. The van der Waals surface area contributed by atoms with Gasteiger partial charge >= 0.3 is 0 Å². The molecule has 1 unspecified atom stereocenters. The zero-order valence-corrected chi connectivity index (χ0v) is 11.7. The van der Waals surface area contributed by atoms with E-state index in [9.17, 15) is 5.11 Å². The van der Waals surface area contributed by atoms with E-state index in [2.05, 4.69) is 44.3 Å². The highest BCUT2D eigenvalue weighted by Crippen LogP contribution is 2.28. The van der Waals surface area contributed by atoms with Gasteiger partial charge in [-0.25, -0.2) is 0 Å². The van der Waals surface area contributed by atoms with Gasteiger partial charge in [0.1, 0.15) is 5.75 Å². The van der Waals surface area contributed by atoms with Gasteiger partial charge in [0.25, 0.3) is 0 Å². The fraction of sp³-hybridized carbons (Fsp3) is 0.294. The van der Waals surface area contributed by atoms with Gasteiger partial charge in [-0.15, -0.1) is 0 Å². The van der Waals surface area contributed by atoms with E-state index < -0.39 is 0 Å². The Kier molecular flexibility index (Phi) is 4.10. The van der Waals surface area contributed by atoms with Gasteiger partial charge in [0, 0.05) is 11.7 Å². The number of hydrogen-bond acceptors (Lipinski definition) is 2. The van der Waals surface area contributed by atoms with Crippen LogP contribution in [0.5, 0.6) is 5.75 Å². The Morgan fingerprint density at radius 2 is 1.68 bits per heavy atom. The molecule has 0 bridgehead atoms. The predicted molar refractivity (Wildman–Crippen MR) is 80.7 cm³/mol. The van der Waals surface area contributed by atoms with E-state index in [1.54, 1.807) is 12.1 Å². The van der Waals surface area contributed by atoms with Crippen LogP contribution < -0.4 is 5.32 Å². The van der Waals surface area contributed by atoms with Gasteiger partial charge in [-0.1, -0.05) is 44.2 Å². The molecule has 19 heavy (non-hydrogen) atoms. The third kappa shape index (κ3) is 3.28. The number of phenols is 1. The van der Waals surface area contributed by atoms with E-state index in [4.69, 9.17) is 0 Å². The first-order valence-electron chi connectivity index (χ1n) is 6.72. The molecule has 2 N–H and O–H groups in total. The highest BCUT2D eigenvalue weighted by atomic mass is 16.3. The third-order valence-corrected chi connectivity index (χ3v) is 3.33. The molecule has 0 aliphatic rings. The quantitative estimate of drug-likeness (QED) is 0.830. The smallest absolute Gasteiger partial charge is 0.115 e. The summed E-state index contributed by atoms with van der Waals surface area (Å²) in [7, 11) is 0. The summed E-state index contributed by atoms with van der Waals surface area (Å²) in [5.74, 6) is 0.795. The monoisotopic (exact) mass is 255 g/mol. The average Bonchev–Trinajstić information content (AvgIpc) is 2.39. The van der Waals surface area contributed by atoms with Crippen LogP contribution in [-0.2, 0) is 0 Å². The molecule has 0 aliphatic carbocycles. The highest BCUT2D eigenvalue weighted by Gasteiger charge is 2.10. The number of anilines is 1. The van der Waals surface area contributed by atoms with Crippen molar-refractivity contribution in [3.05, 3.63) is 59.7 Å². The lowest BCUT2D eigenvalue weighted by Crippen LogP contribution is -2.08. The molecule has 2 heteroatoms. The normalized spacial score (nSPS) is 12.4. The minimum atomic E-state index is 0.159. The van der Waals surface area contributed by atoms with E-state index in [0.717, 1.165) is 11.3 Å². The largest absolute Gasteiger partial charge is 0.508 e. The van der Waals surface area contributed by atoms with Crippen LogP contribution in [0.2, 0.25) is 0 Å². The maximum absolute atomic E-state index is 9.54. The van der Waals surface area contributed by atoms with Gasteiger partial charge in [-0.05, 0) is 42.2 Å². The molecule has 0 aromatic heterocycles. The Balaban J connectivity index is 2.22. The second kappa shape index (κ2) is 5.79. The van der Waals surface area contributed by atoms with Crippen molar-refractivity contribution in [2.45, 2.75) is 32.7 Å². The fourth-order valence-electron chi connectivity index (χ4n) is 2.24. The first-order chi connectivity index (χ1) is 9.08. The zero-order chi connectivity index (χ0) is 13.8. The molecule has 0 saturated heterocycles. The van der Waals surface area contributed by atoms with Crippen LogP contribution in [0.25, 0.3) is 0 Å². The summed E-state index contributed by atoms with van der Waals surface area (Å²) in [4.78, 5) is 0. The molecule has 0 saturated carbocycles. The van der Waals surface area contributed by atoms with Crippen LogP contribution in [0.3, 0.4) is 0 Å². The van der Waals surface area contributed by atoms with E-state index >= 15 is 0 Å². The molecule has 100 valence electrons. The third-order valence-electron chi connectivity index (χ3n) is 3.33. The minimum absolute atomic E-state index is 0.159. The zero-order valence-electron chi connectivity index (χ0n) is 11.7. The molecule has 2 rings (SSSR count). The Hall–Kier alpha value is -1.96. The summed E-state index contributed by atoms with van der Waals surface area (Å²) in [5, 5.41) is 13.1. The first kappa shape index (κ1) is 13.5. The molecular formula is C17H21NO. The molecule has 2 nitrogen and oxygen atoms in total. The van der Waals surface area contributed by atoms with Crippen LogP contribution >= 0.6 is 0 Å². The maximum atomic E-state index is 9.54. The number of hydrogen-bond donors (Lipinski definition) is 2. The number of aromatic hydroxyl groups is 1. The van der Waals surface area contributed by atoms with Crippen molar-refractivity contribution in [2.24, 2.45) is 0 Å². The lowest BCUT2D eigenvalue weighted by molar-refractivity contribution is 0.474. The fourth-order valence-corrected chi connectivity index (χ4v) is 2.24. The molecule has 0 fully saturated rings. The molecule has 2 aromatic carbocycles. The van der Waals surface area contributed by atoms with Crippen LogP contribution in [0, 0.1) is 0 Å². The second-order valence-electron chi connectivity index (χ2n) is 5.20. The van der Waals surface area contributed by atoms with Crippen molar-refractivity contribution in [1.29, 1.82) is 0 Å². The van der Waals surface area contributed by atoms with Crippen LogP contribution in [0.15, 0.2) is 48.5 Å². The van der Waals surface area contributed by atoms with E-state index in [1.807, 2.05) is 18.2 Å². The average molecular weight is 255 g/mol. The molecule has 0 aliphatic heterocycles. The molecule has 1 atom stereocenters. The maximum Gasteiger partial charge on any atom is 0.115 e. The molecule has 0 heterocycles. The molecule has 0 spiro atoms. The van der Waals surface area contributed by atoms with Gasteiger partial charge in [-0.3, -0.25) is 0 Å². The van der Waals surface area contributed by atoms with Crippen molar-refractivity contribution in [3.63, 3.8) is 0 Å². The van der Waals surface area contributed by atoms with Gasteiger partial charge in [0.2, 0.25) is 0 Å². The second-order valence-corrected chi connectivity index (χ2v) is 5.20. The number of benzene rings is 2. The van der Waals surface area contributed by atoms with Crippen LogP contribution in [-0.4, -0.2) is 5.11 Å². The van der Waals surface area contributed by atoms with Crippen LogP contribution in [0.4, 0.5) is 5.69 Å². The number of para-hydroxylation sites is 1. The van der Waals surface area contributed by atoms with Gasteiger partial charge in [0.05, 0.1) is 0 Å². The van der Waals surface area contributed by atoms with Crippen LogP contribution in [0.1, 0.15) is 43.9 Å². The minimum Gasteiger partial charge on any atom is -0.508 e. The van der Waals surface area contributed by atoms with Crippen molar-refractivity contribution in [3.8, 4) is 5.75 Å². The van der Waals surface area contributed by atoms with Crippen molar-refractivity contribution in [1.82, 2.24) is 0 Å². The Morgan fingerprint density at radius 3 is 2.37 bits per heavy atom. The Morgan fingerprint density at radius 1 is 0.947 bits per heavy atom. The summed E-state index contributed by atoms with van der Waals surface area (Å²) in [6.07, 6.45) is 0. The standard InChI is InChI=1S/C17H21NO/c1-12(2)16-9-4-5-10-17(16)18-13(3)14-7-6-8-15(19)11-14/h4-13,18-19H,1-3H3. The van der Waals surface area contributed by atoms with Crippen molar-refractivity contribution >= 4 is 5.69 Å². The molecule has 2 aromatic rings. The van der Waals surface area contributed by atoms with E-state index in [0.29, 0.717) is 11.7 Å². The number of nitrogens with one attached hydrogen (secondary N) is 1. The molecular weight excluding hydrogens is 234 g/mol. The van der Waals surface area contributed by atoms with Gasteiger partial charge in [0.15, 0.2) is 0 Å². The Bertz CT molecular complexity index is 548. The first-order valence-corrected chi connectivity index (χ1v) is 6.72. The SMILES string of the molecule is CC(C)c1ccccc1NC(C)c1cccc(O)c1. The predicted octanol–water partition coefficient (Wildman–Crippen LogP) is 4.69. The van der Waals surface area contributed by atoms with Crippen molar-refractivity contribution in [2.75, 3.05) is 5.32 Å². The summed E-state index contributed by atoms with van der Waals surface area (Å²) in [5.41, 5.74) is 3.56. The summed E-state index contributed by atoms with van der Waals surface area (Å²) in [6, 6.07) is 15.9. The number of phenolic OH excluding ortho intramolecular Hbond substituents is 1. The van der Waals surface area contributed by atoms with E-state index in [1.165, 1.54) is 5.56 Å². The highest BCUT2D eigenvalue weighted by molar-refractivity contribution is 5.54. The van der Waals surface area contributed by atoms with Gasteiger partial charge < -0.3 is 10.4 Å². The molecule has 0 amide bonds. The number of rotatable bonds is 4. The summed E-state index contributed by atoms with van der Waals surface area (Å²) in [6.45, 7) is 6.49. The van der Waals surface area contributed by atoms with Crippen molar-refractivity contribution < 1.29 is 5.11 Å². The van der Waals surface area contributed by atoms with Gasteiger partial charge in [-0.2, -0.15) is 0 Å².